The van der Waals surface area contributed by atoms with Gasteiger partial charge < -0.3 is 44.1 Å². The Labute approximate surface area is 320 Å². The molecule has 4 fully saturated rings. The van der Waals surface area contributed by atoms with E-state index in [4.69, 9.17) is 23.7 Å². The first-order chi connectivity index (χ1) is 25.5. The Bertz CT molecular complexity index is 1510. The standard InChI is InChI=1S/C43H64O11/c1-22(2)9-16-32(46)23(3)35-34(20-31-30-15-12-27-19-28(45)17-18-42(27,6)36(30)33(47)21-43(31,35)7)53-41-39(52-25(5)44)38(37(48)24(4)51-41)54-40(49)26-10-13-29(50-8)14-11-26/h10-14,22-24,28,30-39,41,45-48H,9,15-21H2,1-8H3/t23-,24-,28+,30+,31+,32+,33-,34-,35-,36-,37-,38+,39+,41-,42+,43-/m1/s1. The fraction of sp³-hybridized carbons (Fsp3) is 0.767. The lowest BCUT2D eigenvalue weighted by molar-refractivity contribution is -0.311. The molecule has 6 rings (SSSR count). The number of hydrogen-bond donors (Lipinski definition) is 4. The number of carbonyl (C=O) groups excluding carboxylic acids is 2. The van der Waals surface area contributed by atoms with Gasteiger partial charge >= 0.3 is 11.9 Å². The lowest BCUT2D eigenvalue weighted by Crippen LogP contribution is -2.61. The van der Waals surface area contributed by atoms with Gasteiger partial charge in [0.2, 0.25) is 0 Å². The molecule has 1 heterocycles. The second-order valence-electron chi connectivity index (χ2n) is 18.1. The van der Waals surface area contributed by atoms with E-state index in [1.807, 2.05) is 0 Å². The molecule has 11 nitrogen and oxygen atoms in total. The van der Waals surface area contributed by atoms with Crippen molar-refractivity contribution >= 4 is 11.9 Å². The van der Waals surface area contributed by atoms with Crippen LogP contribution in [0.15, 0.2) is 35.9 Å². The summed E-state index contributed by atoms with van der Waals surface area (Å²) in [6.07, 6.45) is 0.0660. The molecule has 0 amide bonds. The minimum Gasteiger partial charge on any atom is -0.497 e. The maximum atomic E-state index is 13.4. The second kappa shape index (κ2) is 16.1. The zero-order chi connectivity index (χ0) is 39.3. The van der Waals surface area contributed by atoms with Crippen LogP contribution in [0.3, 0.4) is 0 Å². The average molecular weight is 757 g/mol. The van der Waals surface area contributed by atoms with Gasteiger partial charge in [0.15, 0.2) is 18.5 Å². The molecule has 302 valence electrons. The molecule has 0 spiro atoms. The highest BCUT2D eigenvalue weighted by atomic mass is 16.7. The molecule has 1 saturated heterocycles. The molecule has 11 heteroatoms. The zero-order valence-electron chi connectivity index (χ0n) is 33.4. The minimum atomic E-state index is -1.32. The van der Waals surface area contributed by atoms with Gasteiger partial charge in [-0.15, -0.1) is 0 Å². The molecule has 4 aliphatic carbocycles. The van der Waals surface area contributed by atoms with Gasteiger partial charge in [0.05, 0.1) is 43.2 Å². The van der Waals surface area contributed by atoms with E-state index >= 15 is 0 Å². The predicted molar refractivity (Wildman–Crippen MR) is 200 cm³/mol. The molecule has 1 aromatic carbocycles. The van der Waals surface area contributed by atoms with Crippen LogP contribution in [0.4, 0.5) is 0 Å². The smallest absolute Gasteiger partial charge is 0.338 e. The van der Waals surface area contributed by atoms with E-state index in [0.717, 1.165) is 19.3 Å². The van der Waals surface area contributed by atoms with E-state index < -0.39 is 66.4 Å². The van der Waals surface area contributed by atoms with Crippen LogP contribution in [0.25, 0.3) is 0 Å². The number of hydrogen-bond acceptors (Lipinski definition) is 11. The highest BCUT2D eigenvalue weighted by Gasteiger charge is 2.66. The number of allylic oxidation sites excluding steroid dienone is 1. The van der Waals surface area contributed by atoms with Crippen molar-refractivity contribution in [3.63, 3.8) is 0 Å². The molecule has 3 saturated carbocycles. The summed E-state index contributed by atoms with van der Waals surface area (Å²) >= 11 is 0. The summed E-state index contributed by atoms with van der Waals surface area (Å²) in [6.45, 7) is 13.8. The number of aliphatic hydroxyl groups is 4. The molecular formula is C43H64O11. The van der Waals surface area contributed by atoms with E-state index in [1.165, 1.54) is 19.6 Å². The van der Waals surface area contributed by atoms with Gasteiger partial charge in [-0.3, -0.25) is 4.79 Å². The number of methoxy groups -OCH3 is 1. The van der Waals surface area contributed by atoms with Crippen LogP contribution >= 0.6 is 0 Å². The predicted octanol–water partition coefficient (Wildman–Crippen LogP) is 5.60. The van der Waals surface area contributed by atoms with Crippen LogP contribution in [0.1, 0.15) is 110 Å². The van der Waals surface area contributed by atoms with Crippen molar-refractivity contribution in [1.82, 2.24) is 0 Å². The van der Waals surface area contributed by atoms with Gasteiger partial charge in [-0.1, -0.05) is 46.3 Å². The van der Waals surface area contributed by atoms with Crippen molar-refractivity contribution in [1.29, 1.82) is 0 Å². The van der Waals surface area contributed by atoms with Gasteiger partial charge in [0.1, 0.15) is 11.9 Å². The molecule has 16 atom stereocenters. The van der Waals surface area contributed by atoms with Crippen molar-refractivity contribution in [3.05, 3.63) is 41.5 Å². The maximum Gasteiger partial charge on any atom is 0.338 e. The number of esters is 2. The summed E-state index contributed by atoms with van der Waals surface area (Å²) in [5, 5.41) is 45.9. The minimum absolute atomic E-state index is 0.0280. The number of rotatable bonds is 11. The largest absolute Gasteiger partial charge is 0.497 e. The number of ether oxygens (including phenoxy) is 5. The van der Waals surface area contributed by atoms with Crippen LogP contribution in [0.5, 0.6) is 5.75 Å². The average Bonchev–Trinajstić information content (AvgIpc) is 3.41. The summed E-state index contributed by atoms with van der Waals surface area (Å²) in [5.74, 6) is -0.435. The molecule has 4 N–H and O–H groups in total. The summed E-state index contributed by atoms with van der Waals surface area (Å²) in [6, 6.07) is 6.39. The van der Waals surface area contributed by atoms with E-state index in [1.54, 1.807) is 31.2 Å². The molecule has 54 heavy (non-hydrogen) atoms. The SMILES string of the molecule is COc1ccc(C(=O)O[C@H]2[C@H](O)[C@@H](C)O[C@H](O[C@@H]3C[C@H]4[C@@H]5CC=C6C[C@@H](O)CC[C@]6(C)[C@H]5[C@H](O)C[C@@]4(C)[C@@H]3[C@H](C)[C@@H](O)CCC(C)C)[C@H]2OC(C)=O)cc1. The monoisotopic (exact) mass is 756 g/mol. The van der Waals surface area contributed by atoms with Gasteiger partial charge in [0.25, 0.3) is 0 Å². The normalized spacial score (nSPS) is 41.5. The number of fused-ring (bicyclic) bond motifs is 5. The highest BCUT2D eigenvalue weighted by Crippen LogP contribution is 2.68. The topological polar surface area (TPSA) is 161 Å². The van der Waals surface area contributed by atoms with Crippen LogP contribution < -0.4 is 4.74 Å². The molecule has 0 aromatic heterocycles. The van der Waals surface area contributed by atoms with Crippen molar-refractivity contribution in [2.24, 2.45) is 46.3 Å². The summed E-state index contributed by atoms with van der Waals surface area (Å²) < 4.78 is 30.2. The third-order valence-electron chi connectivity index (χ3n) is 14.2. The van der Waals surface area contributed by atoms with Gasteiger partial charge in [-0.25, -0.2) is 4.79 Å². The lowest BCUT2D eigenvalue weighted by Gasteiger charge is -2.60. The van der Waals surface area contributed by atoms with Crippen LogP contribution in [-0.4, -0.2) is 94.6 Å². The summed E-state index contributed by atoms with van der Waals surface area (Å²) in [4.78, 5) is 26.0. The van der Waals surface area contributed by atoms with Gasteiger partial charge in [-0.05, 0) is 129 Å². The van der Waals surface area contributed by atoms with Crippen LogP contribution in [0, 0.1) is 46.3 Å². The lowest BCUT2D eigenvalue weighted by atomic mass is 9.46. The van der Waals surface area contributed by atoms with E-state index in [9.17, 15) is 30.0 Å². The van der Waals surface area contributed by atoms with Gasteiger partial charge in [0, 0.05) is 6.92 Å². The molecule has 0 radical (unpaired) electrons. The Morgan fingerprint density at radius 2 is 1.72 bits per heavy atom. The Morgan fingerprint density at radius 1 is 1.02 bits per heavy atom. The maximum absolute atomic E-state index is 13.4. The molecule has 1 aromatic rings. The Morgan fingerprint density at radius 3 is 2.37 bits per heavy atom. The first kappa shape index (κ1) is 41.1. The number of carbonyl (C=O) groups is 2. The van der Waals surface area contributed by atoms with E-state index in [-0.39, 0.29) is 46.7 Å². The molecular weight excluding hydrogens is 692 g/mol. The third-order valence-corrected chi connectivity index (χ3v) is 14.2. The first-order valence-electron chi connectivity index (χ1n) is 20.2. The van der Waals surface area contributed by atoms with E-state index in [2.05, 4.69) is 40.7 Å². The van der Waals surface area contributed by atoms with Crippen LogP contribution in [-0.2, 0) is 23.7 Å². The second-order valence-corrected chi connectivity index (χ2v) is 18.1. The van der Waals surface area contributed by atoms with Crippen molar-refractivity contribution in [2.45, 2.75) is 155 Å². The highest BCUT2D eigenvalue weighted by molar-refractivity contribution is 5.89. The zero-order valence-corrected chi connectivity index (χ0v) is 33.4. The van der Waals surface area contributed by atoms with Crippen molar-refractivity contribution in [3.8, 4) is 5.75 Å². The number of benzene rings is 1. The van der Waals surface area contributed by atoms with Gasteiger partial charge in [-0.2, -0.15) is 0 Å². The van der Waals surface area contributed by atoms with E-state index in [0.29, 0.717) is 43.8 Å². The quantitative estimate of drug-likeness (QED) is 0.165. The van der Waals surface area contributed by atoms with Crippen LogP contribution in [0.2, 0.25) is 0 Å². The fourth-order valence-corrected chi connectivity index (χ4v) is 11.5. The third kappa shape index (κ3) is 7.75. The van der Waals surface area contributed by atoms with Crippen molar-refractivity contribution in [2.75, 3.05) is 7.11 Å². The Balaban J connectivity index is 1.33. The fourth-order valence-electron chi connectivity index (χ4n) is 11.5. The molecule has 1 aliphatic heterocycles. The molecule has 0 bridgehead atoms. The summed E-state index contributed by atoms with van der Waals surface area (Å²) in [5.41, 5.74) is 0.875. The molecule has 0 unspecified atom stereocenters. The Hall–Kier alpha value is -2.54. The Kier molecular flexibility index (Phi) is 12.3. The molecule has 5 aliphatic rings. The van der Waals surface area contributed by atoms with Crippen molar-refractivity contribution < 1.29 is 53.7 Å². The number of aliphatic hydroxyl groups excluding tert-OH is 4. The summed E-state index contributed by atoms with van der Waals surface area (Å²) in [7, 11) is 1.53. The first-order valence-corrected chi connectivity index (χ1v) is 20.2.